The van der Waals surface area contributed by atoms with E-state index < -0.39 is 0 Å². The van der Waals surface area contributed by atoms with Crippen molar-refractivity contribution >= 4 is 22.8 Å². The molecule has 2 aliphatic heterocycles. The maximum Gasteiger partial charge on any atom is 0.231 e. The summed E-state index contributed by atoms with van der Waals surface area (Å²) < 4.78 is 12.8. The SMILES string of the molecule is CCc1ccc(CN2CCc3nn(C)c4nc(NCc5ccc6c(c5)OCO6)nc2c34)cc1. The Hall–Kier alpha value is -3.81. The number of ether oxygens (including phenoxy) is 2. The van der Waals surface area contributed by atoms with E-state index in [1.54, 1.807) is 0 Å². The Kier molecular flexibility index (Phi) is 4.78. The van der Waals surface area contributed by atoms with Crippen molar-refractivity contribution < 1.29 is 9.47 Å². The lowest BCUT2D eigenvalue weighted by molar-refractivity contribution is 0.174. The Labute approximate surface area is 192 Å². The third-order valence-corrected chi connectivity index (χ3v) is 6.35. The molecule has 4 heterocycles. The van der Waals surface area contributed by atoms with E-state index in [1.165, 1.54) is 11.1 Å². The number of aromatic nitrogens is 4. The van der Waals surface area contributed by atoms with Gasteiger partial charge in [-0.2, -0.15) is 15.1 Å². The fourth-order valence-electron chi connectivity index (χ4n) is 4.52. The highest BCUT2D eigenvalue weighted by Crippen LogP contribution is 2.34. The quantitative estimate of drug-likeness (QED) is 0.486. The lowest BCUT2D eigenvalue weighted by Gasteiger charge is -2.28. The predicted molar refractivity (Wildman–Crippen MR) is 127 cm³/mol. The molecule has 1 N–H and O–H groups in total. The first kappa shape index (κ1) is 19.8. The van der Waals surface area contributed by atoms with Crippen LogP contribution in [0.25, 0.3) is 11.0 Å². The molecule has 0 saturated carbocycles. The molecular weight excluding hydrogens is 416 g/mol. The number of nitrogens with zero attached hydrogens (tertiary/aromatic N) is 5. The van der Waals surface area contributed by atoms with Gasteiger partial charge in [-0.3, -0.25) is 0 Å². The van der Waals surface area contributed by atoms with Gasteiger partial charge in [0.05, 0.1) is 11.1 Å². The van der Waals surface area contributed by atoms with Crippen LogP contribution in [-0.2, 0) is 33.0 Å². The molecule has 0 bridgehead atoms. The molecule has 0 atom stereocenters. The number of fused-ring (bicyclic) bond motifs is 1. The van der Waals surface area contributed by atoms with Gasteiger partial charge in [-0.15, -0.1) is 0 Å². The molecule has 0 spiro atoms. The molecule has 0 radical (unpaired) electrons. The highest BCUT2D eigenvalue weighted by Gasteiger charge is 2.26. The van der Waals surface area contributed by atoms with Crippen LogP contribution < -0.4 is 19.7 Å². The summed E-state index contributed by atoms with van der Waals surface area (Å²) >= 11 is 0. The van der Waals surface area contributed by atoms with E-state index in [9.17, 15) is 0 Å². The lowest BCUT2D eigenvalue weighted by atomic mass is 10.1. The third kappa shape index (κ3) is 3.61. The number of rotatable bonds is 6. The van der Waals surface area contributed by atoms with Crippen molar-refractivity contribution in [3.8, 4) is 11.5 Å². The number of nitrogens with one attached hydrogen (secondary N) is 1. The molecule has 33 heavy (non-hydrogen) atoms. The summed E-state index contributed by atoms with van der Waals surface area (Å²) in [4.78, 5) is 12.1. The monoisotopic (exact) mass is 442 g/mol. The first-order chi connectivity index (χ1) is 16.2. The minimum atomic E-state index is 0.273. The molecule has 8 heteroatoms. The molecule has 0 unspecified atom stereocenters. The fourth-order valence-corrected chi connectivity index (χ4v) is 4.52. The molecule has 8 nitrogen and oxygen atoms in total. The van der Waals surface area contributed by atoms with Crippen LogP contribution in [0.15, 0.2) is 42.5 Å². The maximum atomic E-state index is 5.50. The summed E-state index contributed by atoms with van der Waals surface area (Å²) in [7, 11) is 1.95. The molecule has 2 aromatic carbocycles. The smallest absolute Gasteiger partial charge is 0.231 e. The van der Waals surface area contributed by atoms with Crippen molar-refractivity contribution in [3.05, 3.63) is 64.8 Å². The summed E-state index contributed by atoms with van der Waals surface area (Å²) in [6.07, 6.45) is 1.94. The molecule has 2 aliphatic rings. The fraction of sp³-hybridized carbons (Fsp3) is 0.320. The average Bonchev–Trinajstić information content (AvgIpc) is 3.44. The standard InChI is InChI=1S/C25H26N6O2/c1-3-16-4-6-17(7-5-16)14-31-11-10-19-22-23(30(2)29-19)27-25(28-24(22)31)26-13-18-8-9-20-21(12-18)33-15-32-20/h4-9,12H,3,10-11,13-15H2,1-2H3,(H,26,27,28). The molecule has 6 rings (SSSR count). The largest absolute Gasteiger partial charge is 0.454 e. The van der Waals surface area contributed by atoms with Crippen LogP contribution in [0.1, 0.15) is 29.3 Å². The molecular formula is C25H26N6O2. The summed E-state index contributed by atoms with van der Waals surface area (Å²) in [5, 5.41) is 9.16. The van der Waals surface area contributed by atoms with E-state index in [4.69, 9.17) is 24.5 Å². The summed E-state index contributed by atoms with van der Waals surface area (Å²) in [6, 6.07) is 14.8. The van der Waals surface area contributed by atoms with E-state index in [1.807, 2.05) is 29.9 Å². The number of aryl methyl sites for hydroxylation is 2. The van der Waals surface area contributed by atoms with E-state index in [2.05, 4.69) is 41.4 Å². The Bertz CT molecular complexity index is 1330. The van der Waals surface area contributed by atoms with Gasteiger partial charge in [-0.1, -0.05) is 37.3 Å². The average molecular weight is 443 g/mol. The molecule has 168 valence electrons. The number of hydrogen-bond acceptors (Lipinski definition) is 7. The van der Waals surface area contributed by atoms with Gasteiger partial charge in [0.25, 0.3) is 0 Å². The second-order valence-corrected chi connectivity index (χ2v) is 8.52. The molecule has 4 aromatic rings. The van der Waals surface area contributed by atoms with E-state index in [0.717, 1.165) is 65.5 Å². The molecule has 0 saturated heterocycles. The third-order valence-electron chi connectivity index (χ3n) is 6.35. The molecule has 0 aliphatic carbocycles. The van der Waals surface area contributed by atoms with Crippen molar-refractivity contribution in [1.29, 1.82) is 0 Å². The van der Waals surface area contributed by atoms with Gasteiger partial charge in [0.2, 0.25) is 12.7 Å². The van der Waals surface area contributed by atoms with Gasteiger partial charge in [0, 0.05) is 33.1 Å². The first-order valence-electron chi connectivity index (χ1n) is 11.4. The zero-order chi connectivity index (χ0) is 22.4. The van der Waals surface area contributed by atoms with Gasteiger partial charge in [-0.25, -0.2) is 4.68 Å². The lowest BCUT2D eigenvalue weighted by Crippen LogP contribution is -2.29. The van der Waals surface area contributed by atoms with Crippen molar-refractivity contribution in [2.75, 3.05) is 23.6 Å². The molecule has 0 fully saturated rings. The summed E-state index contributed by atoms with van der Waals surface area (Å²) in [5.74, 6) is 3.10. The second-order valence-electron chi connectivity index (χ2n) is 8.52. The van der Waals surface area contributed by atoms with Gasteiger partial charge in [0.1, 0.15) is 5.82 Å². The Balaban J connectivity index is 1.30. The Morgan fingerprint density at radius 2 is 1.76 bits per heavy atom. The Morgan fingerprint density at radius 3 is 2.61 bits per heavy atom. The molecule has 0 amide bonds. The summed E-state index contributed by atoms with van der Waals surface area (Å²) in [6.45, 7) is 4.73. The number of benzene rings is 2. The van der Waals surface area contributed by atoms with Crippen molar-refractivity contribution in [1.82, 2.24) is 19.7 Å². The minimum Gasteiger partial charge on any atom is -0.454 e. The zero-order valence-electron chi connectivity index (χ0n) is 18.8. The predicted octanol–water partition coefficient (Wildman–Crippen LogP) is 3.83. The Morgan fingerprint density at radius 1 is 0.970 bits per heavy atom. The van der Waals surface area contributed by atoms with E-state index in [0.29, 0.717) is 12.5 Å². The van der Waals surface area contributed by atoms with E-state index >= 15 is 0 Å². The zero-order valence-corrected chi connectivity index (χ0v) is 18.8. The van der Waals surface area contributed by atoms with Crippen LogP contribution in [-0.4, -0.2) is 33.1 Å². The van der Waals surface area contributed by atoms with Crippen LogP contribution in [0.2, 0.25) is 0 Å². The van der Waals surface area contributed by atoms with E-state index in [-0.39, 0.29) is 6.79 Å². The summed E-state index contributed by atoms with van der Waals surface area (Å²) in [5.41, 5.74) is 5.64. The van der Waals surface area contributed by atoms with Gasteiger partial charge >= 0.3 is 0 Å². The number of anilines is 2. The van der Waals surface area contributed by atoms with Crippen molar-refractivity contribution in [2.24, 2.45) is 7.05 Å². The minimum absolute atomic E-state index is 0.273. The molecule has 2 aromatic heterocycles. The van der Waals surface area contributed by atoms with Crippen molar-refractivity contribution in [2.45, 2.75) is 32.9 Å². The van der Waals surface area contributed by atoms with Gasteiger partial charge in [0.15, 0.2) is 17.1 Å². The van der Waals surface area contributed by atoms with Gasteiger partial charge < -0.3 is 19.7 Å². The van der Waals surface area contributed by atoms with Gasteiger partial charge in [-0.05, 0) is 35.2 Å². The second kappa shape index (κ2) is 7.95. The highest BCUT2D eigenvalue weighted by molar-refractivity contribution is 5.92. The van der Waals surface area contributed by atoms with Crippen LogP contribution in [0.4, 0.5) is 11.8 Å². The van der Waals surface area contributed by atoms with Crippen LogP contribution in [0.3, 0.4) is 0 Å². The van der Waals surface area contributed by atoms with Crippen LogP contribution >= 0.6 is 0 Å². The topological polar surface area (TPSA) is 77.3 Å². The van der Waals surface area contributed by atoms with Crippen molar-refractivity contribution in [3.63, 3.8) is 0 Å². The maximum absolute atomic E-state index is 5.50. The first-order valence-corrected chi connectivity index (χ1v) is 11.4. The highest BCUT2D eigenvalue weighted by atomic mass is 16.7. The van der Waals surface area contributed by atoms with Crippen LogP contribution in [0.5, 0.6) is 11.5 Å². The van der Waals surface area contributed by atoms with Crippen LogP contribution in [0, 0.1) is 0 Å². The number of hydrogen-bond donors (Lipinski definition) is 1. The normalized spacial score (nSPS) is 14.2.